The maximum Gasteiger partial charge on any atom is 0.186 e. The third-order valence-corrected chi connectivity index (χ3v) is 1.77. The van der Waals surface area contributed by atoms with Gasteiger partial charge in [0.25, 0.3) is 0 Å². The van der Waals surface area contributed by atoms with Gasteiger partial charge in [0.15, 0.2) is 5.11 Å². The summed E-state index contributed by atoms with van der Waals surface area (Å²) in [6, 6.07) is 6.00. The predicted octanol–water partition coefficient (Wildman–Crippen LogP) is 1.25. The molecule has 1 aromatic carbocycles. The Morgan fingerprint density at radius 2 is 2.07 bits per heavy atom. The van der Waals surface area contributed by atoms with Gasteiger partial charge in [-0.05, 0) is 29.9 Å². The van der Waals surface area contributed by atoms with E-state index in [1.54, 1.807) is 25.4 Å². The number of benzene rings is 1. The quantitative estimate of drug-likeness (QED) is 0.439. The van der Waals surface area contributed by atoms with Crippen molar-refractivity contribution in [2.24, 2.45) is 5.10 Å². The third kappa shape index (κ3) is 3.49. The van der Waals surface area contributed by atoms with Crippen LogP contribution in [-0.4, -0.2) is 18.4 Å². The third-order valence-electron chi connectivity index (χ3n) is 1.48. The first-order valence-corrected chi connectivity index (χ1v) is 4.39. The molecule has 0 saturated heterocycles. The number of hydrogen-bond acceptors (Lipinski definition) is 2. The van der Waals surface area contributed by atoms with Crippen molar-refractivity contribution in [3.05, 3.63) is 35.6 Å². The molecule has 1 rings (SSSR count). The number of hydrazone groups is 1. The number of nitrogens with one attached hydrogen (secondary N) is 2. The summed E-state index contributed by atoms with van der Waals surface area (Å²) in [5.74, 6) is -0.263. The van der Waals surface area contributed by atoms with E-state index < -0.39 is 0 Å². The summed E-state index contributed by atoms with van der Waals surface area (Å²) in [4.78, 5) is 0. The van der Waals surface area contributed by atoms with E-state index in [0.29, 0.717) is 5.11 Å². The molecule has 0 aliphatic rings. The second-order valence-electron chi connectivity index (χ2n) is 2.50. The molecule has 0 radical (unpaired) electrons. The fourth-order valence-corrected chi connectivity index (χ4v) is 0.823. The van der Waals surface area contributed by atoms with Gasteiger partial charge in [0, 0.05) is 7.05 Å². The molecule has 0 atom stereocenters. The zero-order valence-electron chi connectivity index (χ0n) is 7.62. The maximum atomic E-state index is 12.5. The van der Waals surface area contributed by atoms with Crippen molar-refractivity contribution in [1.82, 2.24) is 10.7 Å². The lowest BCUT2D eigenvalue weighted by Crippen LogP contribution is -2.28. The van der Waals surface area contributed by atoms with Crippen molar-refractivity contribution >= 4 is 23.5 Å². The van der Waals surface area contributed by atoms with E-state index in [9.17, 15) is 4.39 Å². The fraction of sp³-hybridized carbons (Fsp3) is 0.111. The molecule has 0 spiro atoms. The van der Waals surface area contributed by atoms with E-state index in [1.165, 1.54) is 12.1 Å². The summed E-state index contributed by atoms with van der Waals surface area (Å²) in [7, 11) is 1.70. The molecule has 1 aromatic rings. The Bertz CT molecular complexity index is 334. The van der Waals surface area contributed by atoms with Crippen LogP contribution in [0.2, 0.25) is 0 Å². The van der Waals surface area contributed by atoms with Crippen molar-refractivity contribution in [2.75, 3.05) is 7.05 Å². The van der Waals surface area contributed by atoms with E-state index >= 15 is 0 Å². The molecule has 5 heteroatoms. The lowest BCUT2D eigenvalue weighted by atomic mass is 10.2. The number of hydrogen-bond donors (Lipinski definition) is 2. The summed E-state index contributed by atoms with van der Waals surface area (Å²) in [5, 5.41) is 6.98. The molecule has 0 aliphatic carbocycles. The number of thiocarbonyl (C=S) groups is 1. The average molecular weight is 211 g/mol. The van der Waals surface area contributed by atoms with E-state index in [2.05, 4.69) is 15.8 Å². The van der Waals surface area contributed by atoms with Crippen LogP contribution in [-0.2, 0) is 0 Å². The number of halogens is 1. The first-order valence-electron chi connectivity index (χ1n) is 3.98. The highest BCUT2D eigenvalue weighted by molar-refractivity contribution is 7.80. The van der Waals surface area contributed by atoms with Gasteiger partial charge < -0.3 is 5.32 Å². The summed E-state index contributed by atoms with van der Waals surface area (Å²) in [6.07, 6.45) is 1.56. The zero-order valence-corrected chi connectivity index (χ0v) is 8.44. The van der Waals surface area contributed by atoms with Gasteiger partial charge in [-0.3, -0.25) is 5.43 Å². The molecule has 0 amide bonds. The Morgan fingerprint density at radius 3 is 2.64 bits per heavy atom. The monoisotopic (exact) mass is 211 g/mol. The van der Waals surface area contributed by atoms with Gasteiger partial charge in [-0.2, -0.15) is 5.10 Å². The van der Waals surface area contributed by atoms with Gasteiger partial charge in [0.1, 0.15) is 5.82 Å². The average Bonchev–Trinajstić information content (AvgIpc) is 2.21. The minimum Gasteiger partial charge on any atom is -0.364 e. The van der Waals surface area contributed by atoms with Crippen LogP contribution >= 0.6 is 12.2 Å². The highest BCUT2D eigenvalue weighted by Gasteiger charge is 1.89. The minimum absolute atomic E-state index is 0.263. The Balaban J connectivity index is 2.52. The smallest absolute Gasteiger partial charge is 0.186 e. The first kappa shape index (κ1) is 10.6. The van der Waals surface area contributed by atoms with Crippen molar-refractivity contribution in [2.45, 2.75) is 0 Å². The molecule has 0 heterocycles. The summed E-state index contributed by atoms with van der Waals surface area (Å²) in [5.41, 5.74) is 3.39. The molecule has 0 unspecified atom stereocenters. The lowest BCUT2D eigenvalue weighted by Gasteiger charge is -1.99. The van der Waals surface area contributed by atoms with E-state index in [0.717, 1.165) is 5.56 Å². The molecular formula is C9H10FN3S. The Hall–Kier alpha value is -1.49. The van der Waals surface area contributed by atoms with Gasteiger partial charge in [-0.25, -0.2) is 4.39 Å². The van der Waals surface area contributed by atoms with Crippen LogP contribution in [0, 0.1) is 5.82 Å². The standard InChI is InChI=1S/C9H10FN3S/c1-11-9(14)13-12-6-7-2-4-8(10)5-3-7/h2-6H,1H3,(H2,11,13,14)/b12-6-. The SMILES string of the molecule is CNC(=S)N/N=C\c1ccc(F)cc1. The molecule has 0 aromatic heterocycles. The van der Waals surface area contributed by atoms with Crippen molar-refractivity contribution in [3.63, 3.8) is 0 Å². The highest BCUT2D eigenvalue weighted by atomic mass is 32.1. The predicted molar refractivity (Wildman–Crippen MR) is 58.8 cm³/mol. The molecular weight excluding hydrogens is 201 g/mol. The topological polar surface area (TPSA) is 36.4 Å². The van der Waals surface area contributed by atoms with Crippen LogP contribution in [0.3, 0.4) is 0 Å². The molecule has 0 bridgehead atoms. The summed E-state index contributed by atoms with van der Waals surface area (Å²) < 4.78 is 12.5. The molecule has 3 nitrogen and oxygen atoms in total. The van der Waals surface area contributed by atoms with Crippen LogP contribution in [0.4, 0.5) is 4.39 Å². The van der Waals surface area contributed by atoms with Gasteiger partial charge in [0.2, 0.25) is 0 Å². The number of nitrogens with zero attached hydrogens (tertiary/aromatic N) is 1. The summed E-state index contributed by atoms with van der Waals surface area (Å²) >= 11 is 4.80. The number of rotatable bonds is 2. The Morgan fingerprint density at radius 1 is 1.43 bits per heavy atom. The van der Waals surface area contributed by atoms with Crippen LogP contribution < -0.4 is 10.7 Å². The fourth-order valence-electron chi connectivity index (χ4n) is 0.770. The van der Waals surface area contributed by atoms with Crippen LogP contribution in [0.15, 0.2) is 29.4 Å². The van der Waals surface area contributed by atoms with E-state index in [1.807, 2.05) is 0 Å². The molecule has 74 valence electrons. The Kier molecular flexibility index (Phi) is 4.00. The minimum atomic E-state index is -0.263. The molecule has 0 saturated carbocycles. The van der Waals surface area contributed by atoms with Gasteiger partial charge >= 0.3 is 0 Å². The van der Waals surface area contributed by atoms with Gasteiger partial charge in [-0.1, -0.05) is 12.1 Å². The van der Waals surface area contributed by atoms with Crippen molar-refractivity contribution < 1.29 is 4.39 Å². The second-order valence-corrected chi connectivity index (χ2v) is 2.91. The maximum absolute atomic E-state index is 12.5. The van der Waals surface area contributed by atoms with Crippen LogP contribution in [0.1, 0.15) is 5.56 Å². The summed E-state index contributed by atoms with van der Waals surface area (Å²) in [6.45, 7) is 0. The second kappa shape index (κ2) is 5.29. The zero-order chi connectivity index (χ0) is 10.4. The lowest BCUT2D eigenvalue weighted by molar-refractivity contribution is 0.628. The van der Waals surface area contributed by atoms with Crippen LogP contribution in [0.25, 0.3) is 0 Å². The highest BCUT2D eigenvalue weighted by Crippen LogP contribution is 1.99. The van der Waals surface area contributed by atoms with Crippen molar-refractivity contribution in [3.8, 4) is 0 Å². The molecule has 14 heavy (non-hydrogen) atoms. The van der Waals surface area contributed by atoms with Gasteiger partial charge in [0.05, 0.1) is 6.21 Å². The molecule has 0 aliphatic heterocycles. The Labute approximate surface area is 87.0 Å². The largest absolute Gasteiger partial charge is 0.364 e. The van der Waals surface area contributed by atoms with Crippen molar-refractivity contribution in [1.29, 1.82) is 0 Å². The first-order chi connectivity index (χ1) is 6.72. The van der Waals surface area contributed by atoms with E-state index in [4.69, 9.17) is 12.2 Å². The molecule has 0 fully saturated rings. The normalized spacial score (nSPS) is 10.1. The van der Waals surface area contributed by atoms with E-state index in [-0.39, 0.29) is 5.82 Å². The van der Waals surface area contributed by atoms with Gasteiger partial charge in [-0.15, -0.1) is 0 Å². The molecule has 2 N–H and O–H groups in total. The van der Waals surface area contributed by atoms with Crippen LogP contribution in [0.5, 0.6) is 0 Å².